The molecule has 0 bridgehead atoms. The Bertz CT molecular complexity index is 404. The molecule has 0 aliphatic heterocycles. The molecule has 0 saturated carbocycles. The summed E-state index contributed by atoms with van der Waals surface area (Å²) in [5.74, 6) is -0.308. The summed E-state index contributed by atoms with van der Waals surface area (Å²) in [7, 11) is 3.70. The first-order chi connectivity index (χ1) is 8.38. The van der Waals surface area contributed by atoms with Gasteiger partial charge in [-0.1, -0.05) is 23.2 Å². The van der Waals surface area contributed by atoms with E-state index in [1.165, 1.54) is 12.1 Å². The molecule has 0 spiro atoms. The van der Waals surface area contributed by atoms with Gasteiger partial charge in [0.25, 0.3) is 5.91 Å². The lowest BCUT2D eigenvalue weighted by molar-refractivity contribution is 0.0892. The van der Waals surface area contributed by atoms with Crippen LogP contribution >= 0.6 is 23.2 Å². The number of aliphatic hydroxyl groups is 1. The monoisotopic (exact) mass is 290 g/mol. The second-order valence-corrected chi connectivity index (χ2v) is 5.16. The van der Waals surface area contributed by atoms with Crippen LogP contribution in [0.4, 0.5) is 0 Å². The average Bonchev–Trinajstić information content (AvgIpc) is 2.23. The molecule has 100 valence electrons. The van der Waals surface area contributed by atoms with Gasteiger partial charge in [0.05, 0.1) is 6.10 Å². The summed E-state index contributed by atoms with van der Waals surface area (Å²) in [6.45, 7) is 0.664. The van der Waals surface area contributed by atoms with Gasteiger partial charge in [0.2, 0.25) is 0 Å². The van der Waals surface area contributed by atoms with Crippen LogP contribution in [-0.2, 0) is 0 Å². The summed E-state index contributed by atoms with van der Waals surface area (Å²) >= 11 is 11.6. The normalized spacial score (nSPS) is 12.6. The number of aliphatic hydroxyl groups excluding tert-OH is 1. The zero-order valence-corrected chi connectivity index (χ0v) is 11.8. The second-order valence-electron chi connectivity index (χ2n) is 4.28. The second kappa shape index (κ2) is 6.95. The summed E-state index contributed by atoms with van der Waals surface area (Å²) < 4.78 is 0. The SMILES string of the molecule is CN(C)CC(O)CNC(=O)c1cc(Cl)cc(Cl)c1. The molecule has 1 aromatic carbocycles. The smallest absolute Gasteiger partial charge is 0.251 e. The van der Waals surface area contributed by atoms with Gasteiger partial charge in [-0.05, 0) is 32.3 Å². The minimum absolute atomic E-state index is 0.182. The third-order valence-electron chi connectivity index (χ3n) is 2.20. The number of likely N-dealkylation sites (N-methyl/N-ethyl adjacent to an activating group) is 1. The van der Waals surface area contributed by atoms with Crippen LogP contribution in [0.2, 0.25) is 10.0 Å². The molecule has 6 heteroatoms. The Hall–Kier alpha value is -0.810. The van der Waals surface area contributed by atoms with Gasteiger partial charge in [-0.25, -0.2) is 0 Å². The molecule has 0 aliphatic carbocycles. The van der Waals surface area contributed by atoms with Gasteiger partial charge in [-0.2, -0.15) is 0 Å². The highest BCUT2D eigenvalue weighted by atomic mass is 35.5. The highest BCUT2D eigenvalue weighted by Gasteiger charge is 2.11. The van der Waals surface area contributed by atoms with E-state index >= 15 is 0 Å². The molecule has 1 amide bonds. The maximum absolute atomic E-state index is 11.8. The van der Waals surface area contributed by atoms with E-state index in [2.05, 4.69) is 5.32 Å². The van der Waals surface area contributed by atoms with Crippen molar-refractivity contribution in [3.8, 4) is 0 Å². The Morgan fingerprint density at radius 1 is 1.33 bits per heavy atom. The van der Waals surface area contributed by atoms with Crippen molar-refractivity contribution in [1.29, 1.82) is 0 Å². The highest BCUT2D eigenvalue weighted by Crippen LogP contribution is 2.18. The summed E-state index contributed by atoms with van der Waals surface area (Å²) in [5, 5.41) is 13.0. The van der Waals surface area contributed by atoms with E-state index in [0.29, 0.717) is 22.2 Å². The van der Waals surface area contributed by atoms with Gasteiger partial charge >= 0.3 is 0 Å². The number of nitrogens with one attached hydrogen (secondary N) is 1. The Kier molecular flexibility index (Phi) is 5.88. The van der Waals surface area contributed by atoms with Crippen LogP contribution in [-0.4, -0.2) is 49.2 Å². The largest absolute Gasteiger partial charge is 0.390 e. The lowest BCUT2D eigenvalue weighted by Crippen LogP contribution is -2.37. The van der Waals surface area contributed by atoms with Crippen molar-refractivity contribution >= 4 is 29.1 Å². The molecule has 4 nitrogen and oxygen atoms in total. The minimum atomic E-state index is -0.612. The fourth-order valence-corrected chi connectivity index (χ4v) is 2.01. The molecule has 1 atom stereocenters. The van der Waals surface area contributed by atoms with E-state index in [-0.39, 0.29) is 12.5 Å². The van der Waals surface area contributed by atoms with Gasteiger partial charge in [0, 0.05) is 28.7 Å². The Labute approximate surface area is 116 Å². The molecule has 0 aromatic heterocycles. The average molecular weight is 291 g/mol. The summed E-state index contributed by atoms with van der Waals surface area (Å²) in [6.07, 6.45) is -0.612. The number of hydrogen-bond acceptors (Lipinski definition) is 3. The van der Waals surface area contributed by atoms with Gasteiger partial charge in [0.15, 0.2) is 0 Å². The van der Waals surface area contributed by atoms with E-state index < -0.39 is 6.10 Å². The van der Waals surface area contributed by atoms with Crippen LogP contribution in [0.5, 0.6) is 0 Å². The lowest BCUT2D eigenvalue weighted by Gasteiger charge is -2.16. The molecule has 0 aliphatic rings. The summed E-state index contributed by atoms with van der Waals surface area (Å²) in [6, 6.07) is 4.61. The zero-order valence-electron chi connectivity index (χ0n) is 10.3. The predicted molar refractivity (Wildman–Crippen MR) is 73.4 cm³/mol. The number of nitrogens with zero attached hydrogens (tertiary/aromatic N) is 1. The van der Waals surface area contributed by atoms with E-state index in [1.54, 1.807) is 6.07 Å². The summed E-state index contributed by atoms with van der Waals surface area (Å²) in [4.78, 5) is 13.6. The first kappa shape index (κ1) is 15.2. The highest BCUT2D eigenvalue weighted by molar-refractivity contribution is 6.35. The molecular formula is C12H16Cl2N2O2. The molecule has 1 unspecified atom stereocenters. The number of carbonyl (C=O) groups is 1. The van der Waals surface area contributed by atoms with Crippen molar-refractivity contribution in [2.24, 2.45) is 0 Å². The third-order valence-corrected chi connectivity index (χ3v) is 2.64. The van der Waals surface area contributed by atoms with Gasteiger partial charge in [0.1, 0.15) is 0 Å². The van der Waals surface area contributed by atoms with Crippen LogP contribution in [0, 0.1) is 0 Å². The predicted octanol–water partition coefficient (Wildman–Crippen LogP) is 1.65. The number of halogens is 2. The zero-order chi connectivity index (χ0) is 13.7. The Morgan fingerprint density at radius 2 is 1.89 bits per heavy atom. The molecular weight excluding hydrogens is 275 g/mol. The third kappa shape index (κ3) is 5.23. The molecule has 1 aromatic rings. The first-order valence-corrected chi connectivity index (χ1v) is 6.21. The minimum Gasteiger partial charge on any atom is -0.390 e. The van der Waals surface area contributed by atoms with E-state index in [4.69, 9.17) is 23.2 Å². The van der Waals surface area contributed by atoms with Crippen LogP contribution in [0.25, 0.3) is 0 Å². The molecule has 0 saturated heterocycles. The van der Waals surface area contributed by atoms with Crippen molar-refractivity contribution in [2.45, 2.75) is 6.10 Å². The van der Waals surface area contributed by atoms with Crippen molar-refractivity contribution in [3.63, 3.8) is 0 Å². The van der Waals surface area contributed by atoms with Gasteiger partial charge in [-0.15, -0.1) is 0 Å². The number of carbonyl (C=O) groups excluding carboxylic acids is 1. The topological polar surface area (TPSA) is 52.6 Å². The maximum Gasteiger partial charge on any atom is 0.251 e. The molecule has 1 rings (SSSR count). The molecule has 0 heterocycles. The van der Waals surface area contributed by atoms with Crippen molar-refractivity contribution in [2.75, 3.05) is 27.2 Å². The van der Waals surface area contributed by atoms with E-state index in [0.717, 1.165) is 0 Å². The number of rotatable bonds is 5. The molecule has 2 N–H and O–H groups in total. The van der Waals surface area contributed by atoms with Crippen LogP contribution in [0.3, 0.4) is 0 Å². The molecule has 0 radical (unpaired) electrons. The maximum atomic E-state index is 11.8. The molecule has 0 fully saturated rings. The van der Waals surface area contributed by atoms with Crippen molar-refractivity contribution < 1.29 is 9.90 Å². The number of amides is 1. The fraction of sp³-hybridized carbons (Fsp3) is 0.417. The fourth-order valence-electron chi connectivity index (χ4n) is 1.48. The van der Waals surface area contributed by atoms with Crippen LogP contribution in [0.1, 0.15) is 10.4 Å². The number of benzene rings is 1. The van der Waals surface area contributed by atoms with Crippen LogP contribution in [0.15, 0.2) is 18.2 Å². The van der Waals surface area contributed by atoms with Crippen LogP contribution < -0.4 is 5.32 Å². The van der Waals surface area contributed by atoms with Crippen molar-refractivity contribution in [1.82, 2.24) is 10.2 Å². The lowest BCUT2D eigenvalue weighted by atomic mass is 10.2. The van der Waals surface area contributed by atoms with E-state index in [9.17, 15) is 9.90 Å². The Balaban J connectivity index is 2.55. The Morgan fingerprint density at radius 3 is 2.39 bits per heavy atom. The van der Waals surface area contributed by atoms with Gasteiger partial charge < -0.3 is 15.3 Å². The number of hydrogen-bond donors (Lipinski definition) is 2. The van der Waals surface area contributed by atoms with Gasteiger partial charge in [-0.3, -0.25) is 4.79 Å². The first-order valence-electron chi connectivity index (χ1n) is 5.45. The molecule has 18 heavy (non-hydrogen) atoms. The van der Waals surface area contributed by atoms with E-state index in [1.807, 2.05) is 19.0 Å². The summed E-state index contributed by atoms with van der Waals surface area (Å²) in [5.41, 5.74) is 0.379. The standard InChI is InChI=1S/C12H16Cl2N2O2/c1-16(2)7-11(17)6-15-12(18)8-3-9(13)5-10(14)4-8/h3-5,11,17H,6-7H2,1-2H3,(H,15,18). The quantitative estimate of drug-likeness (QED) is 0.867. The van der Waals surface area contributed by atoms with Crippen molar-refractivity contribution in [3.05, 3.63) is 33.8 Å².